The molecule has 1 N–H and O–H groups in total. The zero-order chi connectivity index (χ0) is 20.9. The number of carbonyl (C=O) groups excluding carboxylic acids is 2. The standard InChI is InChI=1S/C22H21ClN4O2S/c23-18-7-6-16(14-19(18)25-21(28)20-5-3-13-30-20)22(29)27-11-9-26(10-12-27)15-17-4-1-2-8-24-17/h1-8,13-14H,9-12,15H2,(H,25,28). The second-order valence-corrected chi connectivity index (χ2v) is 8.37. The highest BCUT2D eigenvalue weighted by atomic mass is 35.5. The van der Waals surface area contributed by atoms with Gasteiger partial charge in [0.05, 0.1) is 21.3 Å². The van der Waals surface area contributed by atoms with Crippen LogP contribution in [0.25, 0.3) is 0 Å². The van der Waals surface area contributed by atoms with Gasteiger partial charge in [-0.25, -0.2) is 0 Å². The lowest BCUT2D eigenvalue weighted by Crippen LogP contribution is -2.48. The number of pyridine rings is 1. The molecule has 8 heteroatoms. The summed E-state index contributed by atoms with van der Waals surface area (Å²) in [6.07, 6.45) is 1.80. The predicted octanol–water partition coefficient (Wildman–Crippen LogP) is 4.01. The second-order valence-electron chi connectivity index (χ2n) is 7.02. The van der Waals surface area contributed by atoms with Gasteiger partial charge < -0.3 is 10.2 Å². The Kier molecular flexibility index (Phi) is 6.42. The van der Waals surface area contributed by atoms with Gasteiger partial charge in [-0.15, -0.1) is 11.3 Å². The van der Waals surface area contributed by atoms with E-state index in [-0.39, 0.29) is 11.8 Å². The van der Waals surface area contributed by atoms with Gasteiger partial charge in [-0.1, -0.05) is 23.7 Å². The minimum absolute atomic E-state index is 0.0595. The van der Waals surface area contributed by atoms with Crippen LogP contribution in [-0.2, 0) is 6.54 Å². The van der Waals surface area contributed by atoms with Crippen molar-refractivity contribution in [2.45, 2.75) is 6.54 Å². The largest absolute Gasteiger partial charge is 0.336 e. The van der Waals surface area contributed by atoms with E-state index in [1.807, 2.05) is 34.5 Å². The van der Waals surface area contributed by atoms with E-state index in [0.29, 0.717) is 34.2 Å². The average Bonchev–Trinajstić information content (AvgIpc) is 3.31. The first kappa shape index (κ1) is 20.5. The van der Waals surface area contributed by atoms with Crippen LogP contribution in [0.5, 0.6) is 0 Å². The van der Waals surface area contributed by atoms with Gasteiger partial charge in [0.2, 0.25) is 0 Å². The molecule has 30 heavy (non-hydrogen) atoms. The van der Waals surface area contributed by atoms with Crippen molar-refractivity contribution in [1.29, 1.82) is 0 Å². The fourth-order valence-corrected chi connectivity index (χ4v) is 4.14. The van der Waals surface area contributed by atoms with E-state index in [0.717, 1.165) is 25.3 Å². The predicted molar refractivity (Wildman–Crippen MR) is 119 cm³/mol. The second kappa shape index (κ2) is 9.38. The van der Waals surface area contributed by atoms with Crippen molar-refractivity contribution >= 4 is 40.4 Å². The molecule has 0 bridgehead atoms. The first-order chi connectivity index (χ1) is 14.6. The number of anilines is 1. The SMILES string of the molecule is O=C(Nc1cc(C(=O)N2CCN(Cc3ccccn3)CC2)ccc1Cl)c1cccs1. The van der Waals surface area contributed by atoms with E-state index < -0.39 is 0 Å². The molecule has 3 heterocycles. The fraction of sp³-hybridized carbons (Fsp3) is 0.227. The number of thiophene rings is 1. The Bertz CT molecular complexity index is 1020. The van der Waals surface area contributed by atoms with E-state index in [1.165, 1.54) is 11.3 Å². The van der Waals surface area contributed by atoms with Crippen LogP contribution >= 0.6 is 22.9 Å². The highest BCUT2D eigenvalue weighted by Crippen LogP contribution is 2.25. The summed E-state index contributed by atoms with van der Waals surface area (Å²) < 4.78 is 0. The summed E-state index contributed by atoms with van der Waals surface area (Å²) in [7, 11) is 0. The normalized spacial score (nSPS) is 14.5. The van der Waals surface area contributed by atoms with Crippen molar-refractivity contribution in [2.24, 2.45) is 0 Å². The monoisotopic (exact) mass is 440 g/mol. The molecule has 2 amide bonds. The molecule has 2 aromatic heterocycles. The van der Waals surface area contributed by atoms with Gasteiger partial charge in [-0.3, -0.25) is 19.5 Å². The summed E-state index contributed by atoms with van der Waals surface area (Å²) >= 11 is 7.59. The molecule has 1 saturated heterocycles. The lowest BCUT2D eigenvalue weighted by molar-refractivity contribution is 0.0627. The fourth-order valence-electron chi connectivity index (χ4n) is 3.36. The highest BCUT2D eigenvalue weighted by molar-refractivity contribution is 7.12. The summed E-state index contributed by atoms with van der Waals surface area (Å²) in [5.41, 5.74) is 1.98. The number of aromatic nitrogens is 1. The van der Waals surface area contributed by atoms with Gasteiger partial charge >= 0.3 is 0 Å². The first-order valence-electron chi connectivity index (χ1n) is 9.66. The average molecular weight is 441 g/mol. The molecule has 154 valence electrons. The number of halogens is 1. The molecule has 0 unspecified atom stereocenters. The third-order valence-electron chi connectivity index (χ3n) is 4.98. The molecule has 0 saturated carbocycles. The maximum atomic E-state index is 13.0. The van der Waals surface area contributed by atoms with Crippen LogP contribution in [0.1, 0.15) is 25.7 Å². The quantitative estimate of drug-likeness (QED) is 0.651. The van der Waals surface area contributed by atoms with Crippen molar-refractivity contribution in [2.75, 3.05) is 31.5 Å². The van der Waals surface area contributed by atoms with Crippen LogP contribution in [0.2, 0.25) is 5.02 Å². The number of amides is 2. The summed E-state index contributed by atoms with van der Waals surface area (Å²) in [6, 6.07) is 14.5. The van der Waals surface area contributed by atoms with Crippen LogP contribution in [0, 0.1) is 0 Å². The Morgan fingerprint density at radius 3 is 2.60 bits per heavy atom. The van der Waals surface area contributed by atoms with Gasteiger partial charge in [-0.05, 0) is 41.8 Å². The summed E-state index contributed by atoms with van der Waals surface area (Å²) in [4.78, 5) is 34.4. The van der Waals surface area contributed by atoms with Crippen LogP contribution in [0.15, 0.2) is 60.1 Å². The number of hydrogen-bond acceptors (Lipinski definition) is 5. The van der Waals surface area contributed by atoms with E-state index in [1.54, 1.807) is 30.5 Å². The molecule has 6 nitrogen and oxygen atoms in total. The molecule has 0 atom stereocenters. The third kappa shape index (κ3) is 4.87. The zero-order valence-electron chi connectivity index (χ0n) is 16.3. The zero-order valence-corrected chi connectivity index (χ0v) is 17.8. The molecule has 0 aliphatic carbocycles. The number of piperazine rings is 1. The third-order valence-corrected chi connectivity index (χ3v) is 6.18. The van der Waals surface area contributed by atoms with Crippen molar-refractivity contribution in [1.82, 2.24) is 14.8 Å². The van der Waals surface area contributed by atoms with Gasteiger partial charge in [0, 0.05) is 44.5 Å². The van der Waals surface area contributed by atoms with E-state index in [4.69, 9.17) is 11.6 Å². The minimum atomic E-state index is -0.236. The smallest absolute Gasteiger partial charge is 0.265 e. The number of hydrogen-bond donors (Lipinski definition) is 1. The lowest BCUT2D eigenvalue weighted by Gasteiger charge is -2.34. The Morgan fingerprint density at radius 2 is 1.90 bits per heavy atom. The molecule has 1 aliphatic rings. The Hall–Kier alpha value is -2.74. The maximum absolute atomic E-state index is 13.0. The van der Waals surface area contributed by atoms with Gasteiger partial charge in [0.1, 0.15) is 0 Å². The van der Waals surface area contributed by atoms with Crippen LogP contribution in [0.3, 0.4) is 0 Å². The van der Waals surface area contributed by atoms with Gasteiger partial charge in [0.25, 0.3) is 11.8 Å². The number of nitrogens with zero attached hydrogens (tertiary/aromatic N) is 3. The minimum Gasteiger partial charge on any atom is -0.336 e. The number of carbonyl (C=O) groups is 2. The van der Waals surface area contributed by atoms with E-state index >= 15 is 0 Å². The van der Waals surface area contributed by atoms with Crippen molar-refractivity contribution in [3.63, 3.8) is 0 Å². The lowest BCUT2D eigenvalue weighted by atomic mass is 10.1. The molecule has 1 aromatic carbocycles. The number of rotatable bonds is 5. The van der Waals surface area contributed by atoms with Gasteiger partial charge in [0.15, 0.2) is 0 Å². The van der Waals surface area contributed by atoms with Crippen molar-refractivity contribution in [3.05, 3.63) is 81.3 Å². The number of benzene rings is 1. The molecular formula is C22H21ClN4O2S. The van der Waals surface area contributed by atoms with Crippen LogP contribution in [0.4, 0.5) is 5.69 Å². The highest BCUT2D eigenvalue weighted by Gasteiger charge is 2.23. The van der Waals surface area contributed by atoms with Gasteiger partial charge in [-0.2, -0.15) is 0 Å². The Balaban J connectivity index is 1.38. The molecule has 4 rings (SSSR count). The number of nitrogens with one attached hydrogen (secondary N) is 1. The summed E-state index contributed by atoms with van der Waals surface area (Å²) in [5.74, 6) is -0.296. The topological polar surface area (TPSA) is 65.5 Å². The molecule has 0 radical (unpaired) electrons. The molecule has 1 aliphatic heterocycles. The summed E-state index contributed by atoms with van der Waals surface area (Å²) in [5, 5.41) is 5.04. The van der Waals surface area contributed by atoms with E-state index in [2.05, 4.69) is 15.2 Å². The maximum Gasteiger partial charge on any atom is 0.265 e. The Labute approximate surface area is 184 Å². The summed E-state index contributed by atoms with van der Waals surface area (Å²) in [6.45, 7) is 3.65. The van der Waals surface area contributed by atoms with Crippen molar-refractivity contribution in [3.8, 4) is 0 Å². The molecular weight excluding hydrogens is 420 g/mol. The molecule has 0 spiro atoms. The Morgan fingerprint density at radius 1 is 1.07 bits per heavy atom. The van der Waals surface area contributed by atoms with Crippen LogP contribution < -0.4 is 5.32 Å². The van der Waals surface area contributed by atoms with Crippen LogP contribution in [-0.4, -0.2) is 52.8 Å². The first-order valence-corrected chi connectivity index (χ1v) is 10.9. The van der Waals surface area contributed by atoms with E-state index in [9.17, 15) is 9.59 Å². The van der Waals surface area contributed by atoms with Crippen molar-refractivity contribution < 1.29 is 9.59 Å². The molecule has 1 fully saturated rings. The molecule has 3 aromatic rings.